The second-order valence-corrected chi connectivity index (χ2v) is 4.74. The van der Waals surface area contributed by atoms with E-state index in [0.717, 1.165) is 6.42 Å². The number of thioether (sulfide) groups is 1. The molecule has 0 unspecified atom stereocenters. The van der Waals surface area contributed by atoms with Crippen molar-refractivity contribution in [2.75, 3.05) is 0 Å². The summed E-state index contributed by atoms with van der Waals surface area (Å²) in [7, 11) is 0. The summed E-state index contributed by atoms with van der Waals surface area (Å²) in [6.45, 7) is 2.25. The predicted octanol–water partition coefficient (Wildman–Crippen LogP) is 5.10. The van der Waals surface area contributed by atoms with E-state index in [2.05, 4.69) is 42.4 Å². The zero-order chi connectivity index (χ0) is 11.5. The van der Waals surface area contributed by atoms with Crippen LogP contribution in [-0.4, -0.2) is 0 Å². The monoisotopic (exact) mass is 232 g/mol. The van der Waals surface area contributed by atoms with Crippen LogP contribution in [-0.2, 0) is 0 Å². The number of hydrogen-bond acceptors (Lipinski definition) is 1. The van der Waals surface area contributed by atoms with Gasteiger partial charge >= 0.3 is 0 Å². The van der Waals surface area contributed by atoms with Crippen molar-refractivity contribution in [3.05, 3.63) is 30.3 Å². The normalized spacial score (nSPS) is 9.56. The van der Waals surface area contributed by atoms with Gasteiger partial charge in [-0.2, -0.15) is 0 Å². The molecule has 0 bridgehead atoms. The Morgan fingerprint density at radius 3 is 2.50 bits per heavy atom. The third-order valence-corrected chi connectivity index (χ3v) is 3.14. The predicted molar refractivity (Wildman–Crippen MR) is 73.5 cm³/mol. The van der Waals surface area contributed by atoms with Gasteiger partial charge in [-0.05, 0) is 35.6 Å². The molecule has 0 atom stereocenters. The van der Waals surface area contributed by atoms with Crippen molar-refractivity contribution in [2.24, 2.45) is 0 Å². The molecule has 1 aromatic carbocycles. The smallest absolute Gasteiger partial charge is 0.0203 e. The van der Waals surface area contributed by atoms with E-state index in [1.807, 2.05) is 6.07 Å². The molecule has 86 valence electrons. The quantitative estimate of drug-likeness (QED) is 0.373. The van der Waals surface area contributed by atoms with E-state index in [-0.39, 0.29) is 0 Å². The van der Waals surface area contributed by atoms with Crippen LogP contribution in [0.15, 0.2) is 35.2 Å². The fourth-order valence-corrected chi connectivity index (χ4v) is 2.04. The van der Waals surface area contributed by atoms with E-state index < -0.39 is 0 Å². The van der Waals surface area contributed by atoms with Crippen LogP contribution in [0.4, 0.5) is 0 Å². The second kappa shape index (κ2) is 9.36. The highest BCUT2D eigenvalue weighted by molar-refractivity contribution is 8.03. The first kappa shape index (κ1) is 13.2. The average Bonchev–Trinajstić information content (AvgIpc) is 2.34. The summed E-state index contributed by atoms with van der Waals surface area (Å²) in [6, 6.07) is 10.3. The topological polar surface area (TPSA) is 0 Å². The summed E-state index contributed by atoms with van der Waals surface area (Å²) in [4.78, 5) is 1.24. The lowest BCUT2D eigenvalue weighted by Crippen LogP contribution is -1.75. The third kappa shape index (κ3) is 6.58. The first-order valence-corrected chi connectivity index (χ1v) is 6.95. The first-order chi connectivity index (χ1) is 7.93. The lowest BCUT2D eigenvalue weighted by Gasteiger charge is -1.94. The number of unbranched alkanes of at least 4 members (excludes halogenated alkanes) is 5. The molecule has 0 aliphatic carbocycles. The van der Waals surface area contributed by atoms with Crippen molar-refractivity contribution < 1.29 is 0 Å². The van der Waals surface area contributed by atoms with Gasteiger partial charge in [0.05, 0.1) is 0 Å². The lowest BCUT2D eigenvalue weighted by molar-refractivity contribution is 0.641. The molecule has 0 aliphatic rings. The van der Waals surface area contributed by atoms with E-state index in [4.69, 9.17) is 0 Å². The van der Waals surface area contributed by atoms with E-state index >= 15 is 0 Å². The molecule has 1 heteroatoms. The molecule has 16 heavy (non-hydrogen) atoms. The van der Waals surface area contributed by atoms with Gasteiger partial charge in [-0.3, -0.25) is 0 Å². The van der Waals surface area contributed by atoms with Crippen molar-refractivity contribution in [3.8, 4) is 11.2 Å². The molecule has 0 fully saturated rings. The molecule has 1 rings (SSSR count). The van der Waals surface area contributed by atoms with Crippen molar-refractivity contribution >= 4 is 11.8 Å². The van der Waals surface area contributed by atoms with Gasteiger partial charge in [0, 0.05) is 11.3 Å². The van der Waals surface area contributed by atoms with Crippen molar-refractivity contribution in [1.29, 1.82) is 0 Å². The van der Waals surface area contributed by atoms with E-state index in [9.17, 15) is 0 Å². The number of hydrogen-bond donors (Lipinski definition) is 0. The zero-order valence-electron chi connectivity index (χ0n) is 10.0. The first-order valence-electron chi connectivity index (χ1n) is 6.13. The van der Waals surface area contributed by atoms with Gasteiger partial charge in [-0.1, -0.05) is 56.7 Å². The van der Waals surface area contributed by atoms with Gasteiger partial charge in [-0.25, -0.2) is 0 Å². The Bertz CT molecular complexity index is 318. The average molecular weight is 232 g/mol. The molecule has 0 heterocycles. The van der Waals surface area contributed by atoms with Gasteiger partial charge in [0.1, 0.15) is 0 Å². The van der Waals surface area contributed by atoms with Gasteiger partial charge in [0.2, 0.25) is 0 Å². The van der Waals surface area contributed by atoms with Crippen LogP contribution in [0.3, 0.4) is 0 Å². The summed E-state index contributed by atoms with van der Waals surface area (Å²) < 4.78 is 0. The van der Waals surface area contributed by atoms with Crippen LogP contribution >= 0.6 is 11.8 Å². The Morgan fingerprint density at radius 1 is 1.00 bits per heavy atom. The summed E-state index contributed by atoms with van der Waals surface area (Å²) in [5, 5.41) is 3.16. The number of rotatable bonds is 6. The molecule has 0 saturated carbocycles. The zero-order valence-corrected chi connectivity index (χ0v) is 10.9. The Kier molecular flexibility index (Phi) is 7.72. The standard InChI is InChI=1S/C15H20S/c1-2-3-4-5-6-7-11-14-16-15-12-9-8-10-13-15/h8-10,12-13H,2-7H2,1H3. The Balaban J connectivity index is 2.05. The fraction of sp³-hybridized carbons (Fsp3) is 0.467. The van der Waals surface area contributed by atoms with Crippen LogP contribution in [0.1, 0.15) is 45.4 Å². The van der Waals surface area contributed by atoms with Crippen LogP contribution in [0, 0.1) is 11.2 Å². The Hall–Kier alpha value is -0.870. The molecule has 0 N–H and O–H groups in total. The van der Waals surface area contributed by atoms with Gasteiger partial charge in [-0.15, -0.1) is 0 Å². The highest BCUT2D eigenvalue weighted by Crippen LogP contribution is 2.15. The highest BCUT2D eigenvalue weighted by atomic mass is 32.2. The summed E-state index contributed by atoms with van der Waals surface area (Å²) in [5.41, 5.74) is 0. The summed E-state index contributed by atoms with van der Waals surface area (Å²) in [5.74, 6) is 3.22. The Morgan fingerprint density at radius 2 is 1.75 bits per heavy atom. The fourth-order valence-electron chi connectivity index (χ4n) is 1.45. The van der Waals surface area contributed by atoms with Crippen LogP contribution in [0.25, 0.3) is 0 Å². The molecular weight excluding hydrogens is 212 g/mol. The lowest BCUT2D eigenvalue weighted by atomic mass is 10.1. The molecule has 1 aromatic rings. The van der Waals surface area contributed by atoms with Gasteiger partial charge in [0.15, 0.2) is 0 Å². The third-order valence-electron chi connectivity index (χ3n) is 2.39. The van der Waals surface area contributed by atoms with E-state index in [1.165, 1.54) is 37.0 Å². The van der Waals surface area contributed by atoms with Crippen molar-refractivity contribution in [2.45, 2.75) is 50.3 Å². The molecule has 0 amide bonds. The minimum Gasteiger partial charge on any atom is -0.0909 e. The van der Waals surface area contributed by atoms with E-state index in [1.54, 1.807) is 11.8 Å². The van der Waals surface area contributed by atoms with Gasteiger partial charge in [0.25, 0.3) is 0 Å². The van der Waals surface area contributed by atoms with Crippen LogP contribution in [0.2, 0.25) is 0 Å². The maximum absolute atomic E-state index is 3.22. The van der Waals surface area contributed by atoms with Gasteiger partial charge < -0.3 is 0 Å². The Labute approximate surface area is 104 Å². The second-order valence-electron chi connectivity index (χ2n) is 3.86. The minimum absolute atomic E-state index is 1.05. The summed E-state index contributed by atoms with van der Waals surface area (Å²) in [6.07, 6.45) is 7.68. The summed E-state index contributed by atoms with van der Waals surface area (Å²) >= 11 is 1.63. The molecule has 0 nitrogen and oxygen atoms in total. The SMILES string of the molecule is CCCCCCCC#CSc1ccccc1. The van der Waals surface area contributed by atoms with E-state index in [0.29, 0.717) is 0 Å². The van der Waals surface area contributed by atoms with Crippen LogP contribution in [0.5, 0.6) is 0 Å². The molecule has 0 aromatic heterocycles. The molecular formula is C15H20S. The molecule has 0 saturated heterocycles. The maximum Gasteiger partial charge on any atom is 0.0203 e. The number of benzene rings is 1. The molecule has 0 spiro atoms. The molecule has 0 radical (unpaired) electrons. The largest absolute Gasteiger partial charge is 0.0909 e. The maximum atomic E-state index is 3.22. The van der Waals surface area contributed by atoms with Crippen LogP contribution < -0.4 is 0 Å². The van der Waals surface area contributed by atoms with Crippen molar-refractivity contribution in [3.63, 3.8) is 0 Å². The minimum atomic E-state index is 1.05. The molecule has 0 aliphatic heterocycles. The van der Waals surface area contributed by atoms with Crippen molar-refractivity contribution in [1.82, 2.24) is 0 Å². The highest BCUT2D eigenvalue weighted by Gasteiger charge is 1.87.